The van der Waals surface area contributed by atoms with Crippen molar-refractivity contribution in [2.75, 3.05) is 6.54 Å². The van der Waals surface area contributed by atoms with Gasteiger partial charge < -0.3 is 5.32 Å². The molecule has 0 aliphatic heterocycles. The molecule has 0 spiro atoms. The van der Waals surface area contributed by atoms with E-state index in [1.807, 2.05) is 0 Å². The summed E-state index contributed by atoms with van der Waals surface area (Å²) in [6.45, 7) is 10.5. The van der Waals surface area contributed by atoms with E-state index in [-0.39, 0.29) is 0 Å². The van der Waals surface area contributed by atoms with Crippen LogP contribution in [0.3, 0.4) is 0 Å². The van der Waals surface area contributed by atoms with Crippen LogP contribution < -0.4 is 5.32 Å². The number of nitrogens with one attached hydrogen (secondary N) is 1. The van der Waals surface area contributed by atoms with E-state index in [1.54, 1.807) is 0 Å². The van der Waals surface area contributed by atoms with Crippen LogP contribution in [0.15, 0.2) is 0 Å². The van der Waals surface area contributed by atoms with Crippen molar-refractivity contribution in [2.45, 2.75) is 72.3 Å². The number of hydrogen-bond acceptors (Lipinski definition) is 1. The Hall–Kier alpha value is -0.0400. The first-order chi connectivity index (χ1) is 7.72. The van der Waals surface area contributed by atoms with Gasteiger partial charge in [0.15, 0.2) is 0 Å². The second-order valence-electron chi connectivity index (χ2n) is 5.70. The largest absolute Gasteiger partial charge is 0.314 e. The Morgan fingerprint density at radius 1 is 1.19 bits per heavy atom. The standard InChI is InChI=1S/C15H31N/c1-5-8-12(4)15(16-7-3)14-10-9-13(6-2)11-14/h12-16H,5-11H2,1-4H3. The highest BCUT2D eigenvalue weighted by Gasteiger charge is 2.31. The van der Waals surface area contributed by atoms with Crippen molar-refractivity contribution in [1.29, 1.82) is 0 Å². The highest BCUT2D eigenvalue weighted by atomic mass is 14.9. The van der Waals surface area contributed by atoms with Crippen molar-refractivity contribution >= 4 is 0 Å². The fourth-order valence-electron chi connectivity index (χ4n) is 3.51. The van der Waals surface area contributed by atoms with Crippen LogP contribution in [0.25, 0.3) is 0 Å². The lowest BCUT2D eigenvalue weighted by Gasteiger charge is -2.30. The third-order valence-corrected chi connectivity index (χ3v) is 4.46. The Labute approximate surface area is 102 Å². The molecule has 0 bridgehead atoms. The van der Waals surface area contributed by atoms with Crippen molar-refractivity contribution < 1.29 is 0 Å². The van der Waals surface area contributed by atoms with E-state index in [1.165, 1.54) is 38.5 Å². The van der Waals surface area contributed by atoms with Crippen LogP contribution in [-0.2, 0) is 0 Å². The maximum atomic E-state index is 3.75. The van der Waals surface area contributed by atoms with Gasteiger partial charge in [0.2, 0.25) is 0 Å². The molecule has 0 aromatic rings. The van der Waals surface area contributed by atoms with Crippen LogP contribution in [0.2, 0.25) is 0 Å². The van der Waals surface area contributed by atoms with Gasteiger partial charge in [-0.3, -0.25) is 0 Å². The van der Waals surface area contributed by atoms with E-state index in [9.17, 15) is 0 Å². The van der Waals surface area contributed by atoms with Crippen LogP contribution in [-0.4, -0.2) is 12.6 Å². The van der Waals surface area contributed by atoms with E-state index in [0.29, 0.717) is 0 Å². The SMILES string of the molecule is CCCC(C)C(NCC)C1CCC(CC)C1. The molecule has 1 rings (SSSR count). The first-order valence-corrected chi connectivity index (χ1v) is 7.46. The lowest BCUT2D eigenvalue weighted by Crippen LogP contribution is -2.40. The van der Waals surface area contributed by atoms with E-state index in [4.69, 9.17) is 0 Å². The Bertz CT molecular complexity index is 178. The average Bonchev–Trinajstić information content (AvgIpc) is 2.74. The molecule has 16 heavy (non-hydrogen) atoms. The van der Waals surface area contributed by atoms with Crippen LogP contribution in [0, 0.1) is 17.8 Å². The van der Waals surface area contributed by atoms with Crippen molar-refractivity contribution in [2.24, 2.45) is 17.8 Å². The van der Waals surface area contributed by atoms with Crippen LogP contribution in [0.4, 0.5) is 0 Å². The summed E-state index contributed by atoms with van der Waals surface area (Å²) >= 11 is 0. The maximum absolute atomic E-state index is 3.75. The van der Waals surface area contributed by atoms with Crippen molar-refractivity contribution in [3.05, 3.63) is 0 Å². The zero-order chi connectivity index (χ0) is 12.0. The Morgan fingerprint density at radius 2 is 1.94 bits per heavy atom. The highest BCUT2D eigenvalue weighted by molar-refractivity contribution is 4.86. The van der Waals surface area contributed by atoms with E-state index < -0.39 is 0 Å². The van der Waals surface area contributed by atoms with Gasteiger partial charge in [0.05, 0.1) is 0 Å². The van der Waals surface area contributed by atoms with E-state index >= 15 is 0 Å². The molecule has 4 unspecified atom stereocenters. The zero-order valence-corrected chi connectivity index (χ0v) is 11.8. The average molecular weight is 225 g/mol. The van der Waals surface area contributed by atoms with Gasteiger partial charge in [0.1, 0.15) is 0 Å². The Kier molecular flexibility index (Phi) is 6.41. The van der Waals surface area contributed by atoms with Crippen molar-refractivity contribution in [3.8, 4) is 0 Å². The molecule has 1 aliphatic carbocycles. The molecular formula is C15H31N. The minimum atomic E-state index is 0.779. The molecule has 1 N–H and O–H groups in total. The number of rotatable bonds is 7. The van der Waals surface area contributed by atoms with Gasteiger partial charge in [-0.15, -0.1) is 0 Å². The molecule has 0 heterocycles. The summed E-state index contributed by atoms with van der Waals surface area (Å²) in [5.74, 6) is 2.82. The Morgan fingerprint density at radius 3 is 2.44 bits per heavy atom. The molecule has 1 aliphatic rings. The monoisotopic (exact) mass is 225 g/mol. The first kappa shape index (κ1) is 14.0. The molecule has 0 aromatic carbocycles. The minimum Gasteiger partial charge on any atom is -0.314 e. The molecule has 0 aromatic heterocycles. The second kappa shape index (κ2) is 7.32. The van der Waals surface area contributed by atoms with Gasteiger partial charge in [-0.25, -0.2) is 0 Å². The highest BCUT2D eigenvalue weighted by Crippen LogP contribution is 2.37. The third kappa shape index (κ3) is 3.76. The Balaban J connectivity index is 2.49. The summed E-state index contributed by atoms with van der Waals surface area (Å²) < 4.78 is 0. The van der Waals surface area contributed by atoms with Crippen LogP contribution in [0.1, 0.15) is 66.2 Å². The zero-order valence-electron chi connectivity index (χ0n) is 11.8. The van der Waals surface area contributed by atoms with Crippen LogP contribution in [0.5, 0.6) is 0 Å². The summed E-state index contributed by atoms with van der Waals surface area (Å²) in [5.41, 5.74) is 0. The summed E-state index contributed by atoms with van der Waals surface area (Å²) in [6, 6.07) is 0.779. The molecular weight excluding hydrogens is 194 g/mol. The summed E-state index contributed by atoms with van der Waals surface area (Å²) in [4.78, 5) is 0. The fourth-order valence-corrected chi connectivity index (χ4v) is 3.51. The topological polar surface area (TPSA) is 12.0 Å². The van der Waals surface area contributed by atoms with E-state index in [2.05, 4.69) is 33.0 Å². The second-order valence-corrected chi connectivity index (χ2v) is 5.70. The predicted molar refractivity (Wildman–Crippen MR) is 72.7 cm³/mol. The summed E-state index contributed by atoms with van der Waals surface area (Å²) in [6.07, 6.45) is 8.50. The molecule has 0 amide bonds. The van der Waals surface area contributed by atoms with Gasteiger partial charge in [-0.1, -0.05) is 47.0 Å². The molecule has 96 valence electrons. The fraction of sp³-hybridized carbons (Fsp3) is 1.00. The first-order valence-electron chi connectivity index (χ1n) is 7.46. The lowest BCUT2D eigenvalue weighted by atomic mass is 9.85. The van der Waals surface area contributed by atoms with Gasteiger partial charge in [0.25, 0.3) is 0 Å². The molecule has 1 saturated carbocycles. The van der Waals surface area contributed by atoms with Crippen molar-refractivity contribution in [1.82, 2.24) is 5.32 Å². The van der Waals surface area contributed by atoms with Gasteiger partial charge in [-0.05, 0) is 43.6 Å². The summed E-state index contributed by atoms with van der Waals surface area (Å²) in [5, 5.41) is 3.75. The van der Waals surface area contributed by atoms with Gasteiger partial charge in [0, 0.05) is 6.04 Å². The predicted octanol–water partition coefficient (Wildman–Crippen LogP) is 4.23. The molecule has 0 saturated heterocycles. The smallest absolute Gasteiger partial charge is 0.0121 e. The lowest BCUT2D eigenvalue weighted by molar-refractivity contribution is 0.258. The van der Waals surface area contributed by atoms with Crippen LogP contribution >= 0.6 is 0 Å². The quantitative estimate of drug-likeness (QED) is 0.684. The van der Waals surface area contributed by atoms with E-state index in [0.717, 1.165) is 30.3 Å². The minimum absolute atomic E-state index is 0.779. The third-order valence-electron chi connectivity index (χ3n) is 4.46. The van der Waals surface area contributed by atoms with Crippen molar-refractivity contribution in [3.63, 3.8) is 0 Å². The summed E-state index contributed by atoms with van der Waals surface area (Å²) in [7, 11) is 0. The maximum Gasteiger partial charge on any atom is 0.0121 e. The molecule has 1 heteroatoms. The number of hydrogen-bond donors (Lipinski definition) is 1. The molecule has 4 atom stereocenters. The normalized spacial score (nSPS) is 29.2. The van der Waals surface area contributed by atoms with Gasteiger partial charge >= 0.3 is 0 Å². The van der Waals surface area contributed by atoms with Gasteiger partial charge in [-0.2, -0.15) is 0 Å². The molecule has 1 fully saturated rings. The molecule has 0 radical (unpaired) electrons. The molecule has 1 nitrogen and oxygen atoms in total.